The van der Waals surface area contributed by atoms with Crippen LogP contribution < -0.4 is 21.3 Å². The summed E-state index contributed by atoms with van der Waals surface area (Å²) in [5.74, 6) is 1.15. The highest BCUT2D eigenvalue weighted by atomic mass is 16.2. The summed E-state index contributed by atoms with van der Waals surface area (Å²) in [5, 5.41) is 18.7. The monoisotopic (exact) mass is 445 g/mol. The Bertz CT molecular complexity index is 1320. The number of aryl methyl sites for hydroxylation is 1. The van der Waals surface area contributed by atoms with Crippen LogP contribution in [0.5, 0.6) is 0 Å². The fraction of sp³-hybridized carbons (Fsp3) is 0.364. The van der Waals surface area contributed by atoms with Gasteiger partial charge in [0.1, 0.15) is 11.4 Å². The number of rotatable bonds is 5. The SMILES string of the molecule is Cc1nc2n(n1)-c1cccc(Nc3cc(NC(=O)C4CC4)nnc3C(N)=O)c1N(C)C21CC1. The normalized spacial score (nSPS) is 17.3. The third-order valence-corrected chi connectivity index (χ3v) is 6.57. The standard InChI is InChI=1S/C22H23N9O2/c1-11-24-21-22(8-9-22)30(2)18-13(4-3-5-15(18)31(21)29-11)25-14-10-16(26-20(33)12-6-7-12)27-28-17(14)19(23)32/h3-5,10,12H,6-9H2,1-2H3,(H2,23,32)(H2,25,26,27,33). The van der Waals surface area contributed by atoms with Crippen LogP contribution >= 0.6 is 0 Å². The van der Waals surface area contributed by atoms with Crippen molar-refractivity contribution >= 4 is 34.7 Å². The van der Waals surface area contributed by atoms with Gasteiger partial charge >= 0.3 is 0 Å². The molecule has 11 nitrogen and oxygen atoms in total. The zero-order valence-corrected chi connectivity index (χ0v) is 18.3. The number of nitrogens with one attached hydrogen (secondary N) is 2. The lowest BCUT2D eigenvalue weighted by Crippen LogP contribution is -2.39. The Labute approximate surface area is 189 Å². The van der Waals surface area contributed by atoms with Gasteiger partial charge in [-0.15, -0.1) is 10.2 Å². The lowest BCUT2D eigenvalue weighted by molar-refractivity contribution is -0.117. The molecule has 2 aliphatic carbocycles. The van der Waals surface area contributed by atoms with Crippen molar-refractivity contribution in [1.29, 1.82) is 0 Å². The summed E-state index contributed by atoms with van der Waals surface area (Å²) in [6, 6.07) is 7.42. The molecule has 4 N–H and O–H groups in total. The van der Waals surface area contributed by atoms with Gasteiger partial charge in [0.05, 0.1) is 22.7 Å². The van der Waals surface area contributed by atoms with Crippen LogP contribution in [0, 0.1) is 12.8 Å². The first-order valence-electron chi connectivity index (χ1n) is 10.9. The maximum Gasteiger partial charge on any atom is 0.271 e. The van der Waals surface area contributed by atoms with Crippen LogP contribution in [0.1, 0.15) is 47.8 Å². The van der Waals surface area contributed by atoms with Crippen molar-refractivity contribution < 1.29 is 9.59 Å². The molecule has 2 amide bonds. The van der Waals surface area contributed by atoms with Gasteiger partial charge in [-0.2, -0.15) is 5.10 Å². The minimum Gasteiger partial charge on any atom is -0.364 e. The average Bonchev–Trinajstić information content (AvgIpc) is 3.70. The number of hydrogen-bond donors (Lipinski definition) is 3. The first-order valence-corrected chi connectivity index (χ1v) is 10.9. The highest BCUT2D eigenvalue weighted by Crippen LogP contribution is 2.57. The first kappa shape index (κ1) is 19.6. The zero-order valence-electron chi connectivity index (χ0n) is 18.3. The molecule has 6 rings (SSSR count). The molecule has 168 valence electrons. The number of para-hydroxylation sites is 1. The molecule has 0 unspecified atom stereocenters. The summed E-state index contributed by atoms with van der Waals surface area (Å²) < 4.78 is 1.91. The van der Waals surface area contributed by atoms with E-state index >= 15 is 0 Å². The summed E-state index contributed by atoms with van der Waals surface area (Å²) in [4.78, 5) is 31.2. The van der Waals surface area contributed by atoms with Gasteiger partial charge < -0.3 is 21.3 Å². The highest BCUT2D eigenvalue weighted by Gasteiger charge is 2.55. The van der Waals surface area contributed by atoms with Crippen molar-refractivity contribution in [2.24, 2.45) is 11.7 Å². The highest BCUT2D eigenvalue weighted by molar-refractivity contribution is 5.99. The molecule has 3 aromatic rings. The van der Waals surface area contributed by atoms with Gasteiger partial charge in [0.15, 0.2) is 17.3 Å². The third kappa shape index (κ3) is 3.03. The molecular formula is C22H23N9O2. The topological polar surface area (TPSA) is 144 Å². The molecule has 11 heteroatoms. The molecule has 3 aliphatic rings. The molecule has 0 atom stereocenters. The molecule has 0 saturated heterocycles. The smallest absolute Gasteiger partial charge is 0.271 e. The molecule has 1 aliphatic heterocycles. The number of aromatic nitrogens is 5. The van der Waals surface area contributed by atoms with E-state index in [1.165, 1.54) is 0 Å². The van der Waals surface area contributed by atoms with Gasteiger partial charge in [-0.1, -0.05) is 6.07 Å². The molecule has 3 heterocycles. The summed E-state index contributed by atoms with van der Waals surface area (Å²) in [6.45, 7) is 1.89. The van der Waals surface area contributed by atoms with E-state index in [0.717, 1.165) is 54.4 Å². The molecule has 1 spiro atoms. The molecule has 2 fully saturated rings. The minimum absolute atomic E-state index is 0.00564. The molecule has 33 heavy (non-hydrogen) atoms. The Morgan fingerprint density at radius 2 is 1.97 bits per heavy atom. The van der Waals surface area contributed by atoms with Crippen LogP contribution in [0.4, 0.5) is 22.9 Å². The molecule has 0 bridgehead atoms. The quantitative estimate of drug-likeness (QED) is 0.541. The van der Waals surface area contributed by atoms with E-state index in [4.69, 9.17) is 10.7 Å². The third-order valence-electron chi connectivity index (χ3n) is 6.57. The number of amides is 2. The van der Waals surface area contributed by atoms with Crippen LogP contribution in [0.3, 0.4) is 0 Å². The minimum atomic E-state index is -0.712. The van der Waals surface area contributed by atoms with E-state index in [2.05, 4.69) is 30.8 Å². The summed E-state index contributed by atoms with van der Waals surface area (Å²) in [5.41, 5.74) is 8.31. The Kier molecular flexibility index (Phi) is 4.01. The number of nitrogens with two attached hydrogens (primary N) is 1. The molecule has 0 radical (unpaired) electrons. The van der Waals surface area contributed by atoms with Gasteiger partial charge in [0.25, 0.3) is 5.91 Å². The number of anilines is 4. The number of benzene rings is 1. The van der Waals surface area contributed by atoms with Crippen molar-refractivity contribution in [2.75, 3.05) is 22.6 Å². The Morgan fingerprint density at radius 1 is 1.18 bits per heavy atom. The largest absolute Gasteiger partial charge is 0.364 e. The second-order valence-corrected chi connectivity index (χ2v) is 8.90. The Hall–Kier alpha value is -4.02. The lowest BCUT2D eigenvalue weighted by Gasteiger charge is -2.37. The van der Waals surface area contributed by atoms with Crippen molar-refractivity contribution in [3.63, 3.8) is 0 Å². The number of nitrogens with zero attached hydrogens (tertiary/aromatic N) is 6. The maximum atomic E-state index is 12.2. The lowest BCUT2D eigenvalue weighted by atomic mass is 10.1. The van der Waals surface area contributed by atoms with Crippen molar-refractivity contribution in [1.82, 2.24) is 25.0 Å². The van der Waals surface area contributed by atoms with Crippen LogP contribution in [-0.4, -0.2) is 43.8 Å². The van der Waals surface area contributed by atoms with E-state index in [1.54, 1.807) is 6.07 Å². The van der Waals surface area contributed by atoms with E-state index in [9.17, 15) is 9.59 Å². The van der Waals surface area contributed by atoms with E-state index in [1.807, 2.05) is 36.9 Å². The summed E-state index contributed by atoms with van der Waals surface area (Å²) in [6.07, 6.45) is 3.71. The number of carbonyl (C=O) groups excluding carboxylic acids is 2. The summed E-state index contributed by atoms with van der Waals surface area (Å²) >= 11 is 0. The van der Waals surface area contributed by atoms with Crippen LogP contribution in [0.2, 0.25) is 0 Å². The van der Waals surface area contributed by atoms with E-state index in [-0.39, 0.29) is 28.9 Å². The second-order valence-electron chi connectivity index (χ2n) is 8.90. The number of primary amides is 1. The Morgan fingerprint density at radius 3 is 2.67 bits per heavy atom. The molecular weight excluding hydrogens is 422 g/mol. The number of hydrogen-bond acceptors (Lipinski definition) is 8. The van der Waals surface area contributed by atoms with Crippen molar-refractivity contribution in [2.45, 2.75) is 38.1 Å². The van der Waals surface area contributed by atoms with Gasteiger partial charge in [-0.25, -0.2) is 9.67 Å². The first-order chi connectivity index (χ1) is 15.9. The molecule has 2 aromatic heterocycles. The van der Waals surface area contributed by atoms with Crippen LogP contribution in [0.25, 0.3) is 5.69 Å². The van der Waals surface area contributed by atoms with Gasteiger partial charge in [-0.05, 0) is 44.7 Å². The van der Waals surface area contributed by atoms with E-state index < -0.39 is 5.91 Å². The van der Waals surface area contributed by atoms with Gasteiger partial charge in [0, 0.05) is 19.0 Å². The van der Waals surface area contributed by atoms with Crippen LogP contribution in [-0.2, 0) is 10.3 Å². The fourth-order valence-corrected chi connectivity index (χ4v) is 4.53. The number of fused-ring (bicyclic) bond motifs is 4. The predicted molar refractivity (Wildman–Crippen MR) is 121 cm³/mol. The second kappa shape index (κ2) is 6.74. The average molecular weight is 445 g/mol. The van der Waals surface area contributed by atoms with Crippen molar-refractivity contribution in [3.8, 4) is 5.69 Å². The zero-order chi connectivity index (χ0) is 22.9. The maximum absolute atomic E-state index is 12.2. The molecule has 1 aromatic carbocycles. The van der Waals surface area contributed by atoms with E-state index in [0.29, 0.717) is 5.69 Å². The summed E-state index contributed by atoms with van der Waals surface area (Å²) in [7, 11) is 2.05. The van der Waals surface area contributed by atoms with Crippen molar-refractivity contribution in [3.05, 3.63) is 41.6 Å². The predicted octanol–water partition coefficient (Wildman–Crippen LogP) is 2.00. The van der Waals surface area contributed by atoms with Crippen LogP contribution in [0.15, 0.2) is 24.3 Å². The molecule has 2 saturated carbocycles. The fourth-order valence-electron chi connectivity index (χ4n) is 4.53. The van der Waals surface area contributed by atoms with Gasteiger partial charge in [0.2, 0.25) is 5.91 Å². The number of carbonyl (C=O) groups is 2. The van der Waals surface area contributed by atoms with Gasteiger partial charge in [-0.3, -0.25) is 9.59 Å². The Balaban J connectivity index is 1.43.